The van der Waals surface area contributed by atoms with Crippen molar-refractivity contribution in [3.8, 4) is 0 Å². The Labute approximate surface area is 141 Å². The van der Waals surface area contributed by atoms with Gasteiger partial charge in [0, 0.05) is 6.54 Å². The number of fused-ring (bicyclic) bond motifs is 1. The summed E-state index contributed by atoms with van der Waals surface area (Å²) >= 11 is 0. The summed E-state index contributed by atoms with van der Waals surface area (Å²) in [4.78, 5) is 12.4. The molecule has 0 saturated carbocycles. The van der Waals surface area contributed by atoms with Crippen LogP contribution in [0.25, 0.3) is 0 Å². The molecule has 0 N–H and O–H groups in total. The zero-order chi connectivity index (χ0) is 17.3. The molecule has 24 heavy (non-hydrogen) atoms. The third-order valence-electron chi connectivity index (χ3n) is 4.26. The van der Waals surface area contributed by atoms with E-state index in [9.17, 15) is 13.2 Å². The number of sulfone groups is 1. The zero-order valence-corrected chi connectivity index (χ0v) is 14.6. The van der Waals surface area contributed by atoms with Gasteiger partial charge in [-0.15, -0.1) is 0 Å². The van der Waals surface area contributed by atoms with Gasteiger partial charge in [0.15, 0.2) is 9.84 Å². The van der Waals surface area contributed by atoms with Gasteiger partial charge in [0.1, 0.15) is 5.56 Å². The standard InChI is InChI=1S/C17H20N2O4S/c1-12-6-8-13(9-7-12)24(21,22)11-14-16(17(20)23-2)15-5-3-4-10-19(15)18-14/h6-9H,3-5,10-11H2,1-2H3. The van der Waals surface area contributed by atoms with E-state index in [1.807, 2.05) is 6.92 Å². The van der Waals surface area contributed by atoms with Gasteiger partial charge in [-0.2, -0.15) is 5.10 Å². The molecule has 1 aromatic heterocycles. The molecule has 0 fully saturated rings. The van der Waals surface area contributed by atoms with Crippen LogP contribution in [0.5, 0.6) is 0 Å². The van der Waals surface area contributed by atoms with E-state index >= 15 is 0 Å². The molecule has 1 aromatic carbocycles. The number of esters is 1. The molecule has 0 unspecified atom stereocenters. The van der Waals surface area contributed by atoms with E-state index in [1.165, 1.54) is 7.11 Å². The second-order valence-electron chi connectivity index (χ2n) is 6.01. The molecule has 0 aliphatic carbocycles. The van der Waals surface area contributed by atoms with Gasteiger partial charge in [-0.1, -0.05) is 17.7 Å². The normalized spacial score (nSPS) is 14.2. The first kappa shape index (κ1) is 16.7. The Morgan fingerprint density at radius 3 is 2.62 bits per heavy atom. The van der Waals surface area contributed by atoms with E-state index < -0.39 is 15.8 Å². The maximum Gasteiger partial charge on any atom is 0.341 e. The van der Waals surface area contributed by atoms with Crippen LogP contribution >= 0.6 is 0 Å². The van der Waals surface area contributed by atoms with Crippen LogP contribution in [0.3, 0.4) is 0 Å². The van der Waals surface area contributed by atoms with E-state index in [-0.39, 0.29) is 16.3 Å². The molecule has 7 heteroatoms. The van der Waals surface area contributed by atoms with E-state index in [2.05, 4.69) is 5.10 Å². The highest BCUT2D eigenvalue weighted by atomic mass is 32.2. The number of benzene rings is 1. The zero-order valence-electron chi connectivity index (χ0n) is 13.8. The fourth-order valence-electron chi connectivity index (χ4n) is 2.99. The van der Waals surface area contributed by atoms with Crippen molar-refractivity contribution in [2.45, 2.75) is 43.4 Å². The van der Waals surface area contributed by atoms with Gasteiger partial charge in [-0.25, -0.2) is 13.2 Å². The van der Waals surface area contributed by atoms with E-state index in [0.717, 1.165) is 24.1 Å². The summed E-state index contributed by atoms with van der Waals surface area (Å²) < 4.78 is 32.0. The SMILES string of the molecule is COC(=O)c1c(CS(=O)(=O)c2ccc(C)cc2)nn2c1CCCC2. The van der Waals surface area contributed by atoms with Crippen molar-refractivity contribution >= 4 is 15.8 Å². The Hall–Kier alpha value is -2.15. The Bertz CT molecular complexity index is 867. The Kier molecular flexibility index (Phi) is 4.45. The maximum atomic E-state index is 12.7. The quantitative estimate of drug-likeness (QED) is 0.792. The summed E-state index contributed by atoms with van der Waals surface area (Å²) in [5.41, 5.74) is 2.36. The number of aryl methyl sites for hydroxylation is 2. The number of hydrogen-bond acceptors (Lipinski definition) is 5. The molecule has 3 rings (SSSR count). The molecule has 1 aliphatic heterocycles. The van der Waals surface area contributed by atoms with Gasteiger partial charge in [0.2, 0.25) is 0 Å². The molecule has 0 amide bonds. The summed E-state index contributed by atoms with van der Waals surface area (Å²) in [5.74, 6) is -0.826. The van der Waals surface area contributed by atoms with E-state index in [4.69, 9.17) is 4.74 Å². The lowest BCUT2D eigenvalue weighted by atomic mass is 10.1. The van der Waals surface area contributed by atoms with Crippen LogP contribution in [0, 0.1) is 6.92 Å². The second kappa shape index (κ2) is 6.39. The molecular weight excluding hydrogens is 328 g/mol. The topological polar surface area (TPSA) is 78.3 Å². The van der Waals surface area contributed by atoms with Gasteiger partial charge < -0.3 is 4.74 Å². The lowest BCUT2D eigenvalue weighted by Gasteiger charge is -2.13. The van der Waals surface area contributed by atoms with Crippen molar-refractivity contribution in [1.82, 2.24) is 9.78 Å². The molecule has 0 spiro atoms. The monoisotopic (exact) mass is 348 g/mol. The van der Waals surface area contributed by atoms with Crippen LogP contribution in [-0.4, -0.2) is 31.3 Å². The minimum absolute atomic E-state index is 0.231. The van der Waals surface area contributed by atoms with Crippen LogP contribution < -0.4 is 0 Å². The average Bonchev–Trinajstić information content (AvgIpc) is 2.91. The molecule has 0 radical (unpaired) electrons. The summed E-state index contributed by atoms with van der Waals surface area (Å²) in [6.07, 6.45) is 2.64. The van der Waals surface area contributed by atoms with E-state index in [0.29, 0.717) is 18.5 Å². The fraction of sp³-hybridized carbons (Fsp3) is 0.412. The second-order valence-corrected chi connectivity index (χ2v) is 8.00. The lowest BCUT2D eigenvalue weighted by Crippen LogP contribution is -2.14. The minimum atomic E-state index is -3.58. The van der Waals surface area contributed by atoms with Gasteiger partial charge in [-0.05, 0) is 38.3 Å². The third-order valence-corrected chi connectivity index (χ3v) is 5.90. The van der Waals surface area contributed by atoms with Crippen molar-refractivity contribution in [3.63, 3.8) is 0 Å². The van der Waals surface area contributed by atoms with Crippen molar-refractivity contribution < 1.29 is 17.9 Å². The van der Waals surface area contributed by atoms with Crippen LogP contribution in [0.2, 0.25) is 0 Å². The molecular formula is C17H20N2O4S. The predicted molar refractivity (Wildman–Crippen MR) is 88.6 cm³/mol. The molecule has 2 heterocycles. The molecule has 2 aromatic rings. The van der Waals surface area contributed by atoms with E-state index in [1.54, 1.807) is 28.9 Å². The van der Waals surface area contributed by atoms with Gasteiger partial charge in [0.25, 0.3) is 0 Å². The average molecular weight is 348 g/mol. The summed E-state index contributed by atoms with van der Waals surface area (Å²) in [6, 6.07) is 6.68. The Balaban J connectivity index is 2.01. The number of methoxy groups -OCH3 is 1. The first-order valence-corrected chi connectivity index (χ1v) is 9.54. The first-order valence-electron chi connectivity index (χ1n) is 7.88. The smallest absolute Gasteiger partial charge is 0.341 e. The predicted octanol–water partition coefficient (Wildman–Crippen LogP) is 2.29. The lowest BCUT2D eigenvalue weighted by molar-refractivity contribution is 0.0598. The van der Waals surface area contributed by atoms with Gasteiger partial charge >= 0.3 is 5.97 Å². The molecule has 0 bridgehead atoms. The number of aromatic nitrogens is 2. The summed E-state index contributed by atoms with van der Waals surface area (Å²) in [7, 11) is -2.28. The van der Waals surface area contributed by atoms with Crippen molar-refractivity contribution in [2.24, 2.45) is 0 Å². The Morgan fingerprint density at radius 2 is 1.96 bits per heavy atom. The van der Waals surface area contributed by atoms with Crippen LogP contribution in [0.15, 0.2) is 29.2 Å². The first-order chi connectivity index (χ1) is 11.4. The number of rotatable bonds is 4. The number of carbonyl (C=O) groups is 1. The Morgan fingerprint density at radius 1 is 1.25 bits per heavy atom. The highest BCUT2D eigenvalue weighted by Gasteiger charge is 2.29. The molecule has 0 atom stereocenters. The third kappa shape index (κ3) is 3.08. The molecule has 6 nitrogen and oxygen atoms in total. The van der Waals surface area contributed by atoms with Crippen molar-refractivity contribution in [3.05, 3.63) is 46.8 Å². The number of ether oxygens (including phenoxy) is 1. The highest BCUT2D eigenvalue weighted by Crippen LogP contribution is 2.26. The fourth-order valence-corrected chi connectivity index (χ4v) is 4.27. The molecule has 0 saturated heterocycles. The van der Waals surface area contributed by atoms with Crippen LogP contribution in [-0.2, 0) is 33.3 Å². The highest BCUT2D eigenvalue weighted by molar-refractivity contribution is 7.90. The maximum absolute atomic E-state index is 12.7. The number of carbonyl (C=O) groups excluding carboxylic acids is 1. The summed E-state index contributed by atoms with van der Waals surface area (Å²) in [6.45, 7) is 2.60. The number of hydrogen-bond donors (Lipinski definition) is 0. The minimum Gasteiger partial charge on any atom is -0.465 e. The van der Waals surface area contributed by atoms with Crippen LogP contribution in [0.4, 0.5) is 0 Å². The molecule has 1 aliphatic rings. The van der Waals surface area contributed by atoms with Gasteiger partial charge in [0.05, 0.1) is 29.1 Å². The van der Waals surface area contributed by atoms with Crippen molar-refractivity contribution in [1.29, 1.82) is 0 Å². The largest absolute Gasteiger partial charge is 0.465 e. The summed E-state index contributed by atoms with van der Waals surface area (Å²) in [5, 5.41) is 4.38. The van der Waals surface area contributed by atoms with Crippen LogP contribution in [0.1, 0.15) is 40.2 Å². The van der Waals surface area contributed by atoms with Crippen molar-refractivity contribution in [2.75, 3.05) is 7.11 Å². The number of nitrogens with zero attached hydrogens (tertiary/aromatic N) is 2. The van der Waals surface area contributed by atoms with Gasteiger partial charge in [-0.3, -0.25) is 4.68 Å². The molecule has 128 valence electrons.